The zero-order valence-electron chi connectivity index (χ0n) is 9.97. The smallest absolute Gasteiger partial charge is 0.145 e. The van der Waals surface area contributed by atoms with Gasteiger partial charge in [-0.2, -0.15) is 5.10 Å². The van der Waals surface area contributed by atoms with Crippen molar-refractivity contribution in [2.75, 3.05) is 12.3 Å². The Balaban J connectivity index is 1.75. The molecule has 90 valence electrons. The molecule has 0 spiro atoms. The van der Waals surface area contributed by atoms with Gasteiger partial charge in [0.15, 0.2) is 0 Å². The molecule has 17 heavy (non-hydrogen) atoms. The summed E-state index contributed by atoms with van der Waals surface area (Å²) in [5, 5.41) is 4.19. The van der Waals surface area contributed by atoms with Crippen molar-refractivity contribution in [1.29, 1.82) is 0 Å². The number of hydrogen-bond donors (Lipinski definition) is 1. The van der Waals surface area contributed by atoms with Gasteiger partial charge in [-0.15, -0.1) is 0 Å². The predicted octanol–water partition coefficient (Wildman–Crippen LogP) is 2.24. The van der Waals surface area contributed by atoms with Crippen molar-refractivity contribution in [3.8, 4) is 5.75 Å². The van der Waals surface area contributed by atoms with Crippen LogP contribution in [0.2, 0.25) is 0 Å². The maximum atomic E-state index is 5.61. The fraction of sp³-hybridized carbons (Fsp3) is 0.308. The number of ether oxygens (including phenoxy) is 1. The molecule has 1 heterocycles. The standard InChI is InChI=1S/C13H17N3O/c1-11-10-13(14)15-16(11)8-5-9-17-12-6-3-2-4-7-12/h2-4,6-7,10H,5,8-9H2,1H3,(H2,14,15). The summed E-state index contributed by atoms with van der Waals surface area (Å²) in [5.41, 5.74) is 6.70. The molecule has 0 aliphatic carbocycles. The number of para-hydroxylation sites is 1. The third-order valence-corrected chi connectivity index (χ3v) is 2.53. The summed E-state index contributed by atoms with van der Waals surface area (Å²) in [4.78, 5) is 0. The van der Waals surface area contributed by atoms with Crippen LogP contribution in [0.15, 0.2) is 36.4 Å². The largest absolute Gasteiger partial charge is 0.494 e. The normalized spacial score (nSPS) is 10.4. The molecule has 2 N–H and O–H groups in total. The lowest BCUT2D eigenvalue weighted by atomic mass is 10.3. The first-order valence-electron chi connectivity index (χ1n) is 5.73. The van der Waals surface area contributed by atoms with Crippen LogP contribution in [0.1, 0.15) is 12.1 Å². The molecule has 1 aromatic carbocycles. The molecule has 0 fully saturated rings. The zero-order chi connectivity index (χ0) is 12.1. The van der Waals surface area contributed by atoms with Crippen molar-refractivity contribution < 1.29 is 4.74 Å². The minimum atomic E-state index is 0.575. The van der Waals surface area contributed by atoms with Crippen LogP contribution in [0.3, 0.4) is 0 Å². The highest BCUT2D eigenvalue weighted by molar-refractivity contribution is 5.28. The predicted molar refractivity (Wildman–Crippen MR) is 67.9 cm³/mol. The van der Waals surface area contributed by atoms with Crippen molar-refractivity contribution in [2.45, 2.75) is 19.9 Å². The van der Waals surface area contributed by atoms with Gasteiger partial charge in [0.05, 0.1) is 6.61 Å². The lowest BCUT2D eigenvalue weighted by Crippen LogP contribution is -2.07. The number of nitrogen functional groups attached to an aromatic ring is 1. The Labute approximate surface area is 101 Å². The van der Waals surface area contributed by atoms with Gasteiger partial charge in [0, 0.05) is 24.7 Å². The Hall–Kier alpha value is -1.97. The van der Waals surface area contributed by atoms with Gasteiger partial charge in [0.25, 0.3) is 0 Å². The van der Waals surface area contributed by atoms with Crippen LogP contribution in [0.5, 0.6) is 5.75 Å². The monoisotopic (exact) mass is 231 g/mol. The second-order valence-electron chi connectivity index (χ2n) is 3.95. The summed E-state index contributed by atoms with van der Waals surface area (Å²) in [6, 6.07) is 11.7. The third kappa shape index (κ3) is 3.24. The van der Waals surface area contributed by atoms with Gasteiger partial charge in [-0.25, -0.2) is 0 Å². The summed E-state index contributed by atoms with van der Waals surface area (Å²) < 4.78 is 7.51. The quantitative estimate of drug-likeness (QED) is 0.803. The minimum Gasteiger partial charge on any atom is -0.494 e. The van der Waals surface area contributed by atoms with Gasteiger partial charge >= 0.3 is 0 Å². The van der Waals surface area contributed by atoms with Crippen molar-refractivity contribution in [3.05, 3.63) is 42.1 Å². The first-order chi connectivity index (χ1) is 8.25. The highest BCUT2D eigenvalue weighted by Gasteiger charge is 2.00. The highest BCUT2D eigenvalue weighted by atomic mass is 16.5. The number of rotatable bonds is 5. The second kappa shape index (κ2) is 5.39. The average molecular weight is 231 g/mol. The number of nitrogens with zero attached hydrogens (tertiary/aromatic N) is 2. The van der Waals surface area contributed by atoms with Crippen LogP contribution in [-0.4, -0.2) is 16.4 Å². The van der Waals surface area contributed by atoms with Gasteiger partial charge in [-0.3, -0.25) is 4.68 Å². The van der Waals surface area contributed by atoms with E-state index in [1.54, 1.807) is 0 Å². The maximum absolute atomic E-state index is 5.61. The first-order valence-corrected chi connectivity index (χ1v) is 5.73. The van der Waals surface area contributed by atoms with Gasteiger partial charge < -0.3 is 10.5 Å². The number of aromatic nitrogens is 2. The Morgan fingerprint density at radius 3 is 2.71 bits per heavy atom. The highest BCUT2D eigenvalue weighted by Crippen LogP contribution is 2.09. The van der Waals surface area contributed by atoms with E-state index in [2.05, 4.69) is 5.10 Å². The minimum absolute atomic E-state index is 0.575. The van der Waals surface area contributed by atoms with Crippen molar-refractivity contribution in [3.63, 3.8) is 0 Å². The molecule has 0 saturated heterocycles. The molecule has 0 aliphatic heterocycles. The maximum Gasteiger partial charge on any atom is 0.145 e. The number of hydrogen-bond acceptors (Lipinski definition) is 3. The molecule has 4 nitrogen and oxygen atoms in total. The Morgan fingerprint density at radius 1 is 1.29 bits per heavy atom. The van der Waals surface area contributed by atoms with Crippen molar-refractivity contribution in [2.24, 2.45) is 0 Å². The lowest BCUT2D eigenvalue weighted by Gasteiger charge is -2.06. The molecule has 0 atom stereocenters. The van der Waals surface area contributed by atoms with E-state index in [0.29, 0.717) is 12.4 Å². The van der Waals surface area contributed by atoms with Crippen LogP contribution >= 0.6 is 0 Å². The fourth-order valence-corrected chi connectivity index (χ4v) is 1.68. The molecule has 0 radical (unpaired) electrons. The van der Waals surface area contributed by atoms with E-state index in [1.165, 1.54) is 0 Å². The SMILES string of the molecule is Cc1cc(N)nn1CCCOc1ccccc1. The van der Waals surface area contributed by atoms with E-state index < -0.39 is 0 Å². The number of nitrogens with two attached hydrogens (primary N) is 1. The van der Waals surface area contributed by atoms with E-state index in [9.17, 15) is 0 Å². The van der Waals surface area contributed by atoms with Crippen molar-refractivity contribution >= 4 is 5.82 Å². The van der Waals surface area contributed by atoms with Crippen LogP contribution < -0.4 is 10.5 Å². The van der Waals surface area contributed by atoms with Crippen molar-refractivity contribution in [1.82, 2.24) is 9.78 Å². The van der Waals surface area contributed by atoms with Crippen LogP contribution in [0.25, 0.3) is 0 Å². The number of benzene rings is 1. The third-order valence-electron chi connectivity index (χ3n) is 2.53. The summed E-state index contributed by atoms with van der Waals surface area (Å²) >= 11 is 0. The summed E-state index contributed by atoms with van der Waals surface area (Å²) in [7, 11) is 0. The van der Waals surface area contributed by atoms with Gasteiger partial charge in [-0.1, -0.05) is 18.2 Å². The van der Waals surface area contributed by atoms with E-state index in [4.69, 9.17) is 10.5 Å². The van der Waals surface area contributed by atoms with Gasteiger partial charge in [-0.05, 0) is 19.1 Å². The van der Waals surface area contributed by atoms with Gasteiger partial charge in [0.2, 0.25) is 0 Å². The van der Waals surface area contributed by atoms with E-state index in [1.807, 2.05) is 48.0 Å². The average Bonchev–Trinajstić information content (AvgIpc) is 2.65. The lowest BCUT2D eigenvalue weighted by molar-refractivity contribution is 0.298. The Bertz CT molecular complexity index is 465. The molecule has 2 aromatic rings. The molecule has 0 saturated carbocycles. The summed E-state index contributed by atoms with van der Waals surface area (Å²) in [6.45, 7) is 3.51. The summed E-state index contributed by atoms with van der Waals surface area (Å²) in [6.07, 6.45) is 0.914. The fourth-order valence-electron chi connectivity index (χ4n) is 1.68. The molecule has 0 unspecified atom stereocenters. The Morgan fingerprint density at radius 2 is 2.06 bits per heavy atom. The molecule has 4 heteroatoms. The molecule has 0 bridgehead atoms. The number of aryl methyl sites for hydroxylation is 2. The Kier molecular flexibility index (Phi) is 3.65. The molecular formula is C13H17N3O. The van der Waals surface area contributed by atoms with Gasteiger partial charge in [0.1, 0.15) is 11.6 Å². The summed E-state index contributed by atoms with van der Waals surface area (Å²) in [5.74, 6) is 1.48. The van der Waals surface area contributed by atoms with Crippen LogP contribution in [0, 0.1) is 6.92 Å². The molecular weight excluding hydrogens is 214 g/mol. The van der Waals surface area contributed by atoms with E-state index in [-0.39, 0.29) is 0 Å². The zero-order valence-corrected chi connectivity index (χ0v) is 9.97. The molecule has 2 rings (SSSR count). The van der Waals surface area contributed by atoms with Crippen LogP contribution in [0.4, 0.5) is 5.82 Å². The topological polar surface area (TPSA) is 53.1 Å². The van der Waals surface area contributed by atoms with E-state index >= 15 is 0 Å². The second-order valence-corrected chi connectivity index (χ2v) is 3.95. The molecule has 0 amide bonds. The molecule has 0 aliphatic rings. The van der Waals surface area contributed by atoms with Crippen LogP contribution in [-0.2, 0) is 6.54 Å². The first kappa shape index (κ1) is 11.5. The molecule has 1 aromatic heterocycles. The number of anilines is 1. The van der Waals surface area contributed by atoms with E-state index in [0.717, 1.165) is 24.4 Å².